The van der Waals surface area contributed by atoms with Crippen LogP contribution in [0.25, 0.3) is 0 Å². The van der Waals surface area contributed by atoms with Crippen molar-refractivity contribution in [1.29, 1.82) is 0 Å². The molecule has 0 heterocycles. The zero-order valence-electron chi connectivity index (χ0n) is 13.6. The van der Waals surface area contributed by atoms with Gasteiger partial charge in [0.15, 0.2) is 0 Å². The van der Waals surface area contributed by atoms with Gasteiger partial charge in [0.25, 0.3) is 0 Å². The Balaban J connectivity index is 2.49. The normalized spacial score (nSPS) is 13.7. The molecule has 0 aromatic heterocycles. The van der Waals surface area contributed by atoms with Crippen LogP contribution >= 0.6 is 11.8 Å². The first-order valence-electron chi connectivity index (χ1n) is 7.86. The number of carbonyl (C=O) groups excluding carboxylic acids is 1. The van der Waals surface area contributed by atoms with E-state index in [1.807, 2.05) is 6.92 Å². The summed E-state index contributed by atoms with van der Waals surface area (Å²) in [5.74, 6) is 0.124. The lowest BCUT2D eigenvalue weighted by molar-refractivity contribution is -0.120. The van der Waals surface area contributed by atoms with Crippen molar-refractivity contribution in [2.75, 3.05) is 13.1 Å². The molecule has 0 saturated carbocycles. The number of hydrogen-bond acceptors (Lipinski definition) is 3. The highest BCUT2D eigenvalue weighted by atomic mass is 32.2. The molecule has 1 aromatic carbocycles. The number of thioether (sulfide) groups is 1. The molecule has 0 radical (unpaired) electrons. The number of nitrogens with one attached hydrogen (secondary N) is 2. The average molecular weight is 308 g/mol. The molecule has 1 aromatic rings. The third-order valence-electron chi connectivity index (χ3n) is 3.40. The van der Waals surface area contributed by atoms with Crippen molar-refractivity contribution in [2.24, 2.45) is 0 Å². The summed E-state index contributed by atoms with van der Waals surface area (Å²) in [4.78, 5) is 13.1. The molecule has 0 aliphatic heterocycles. The van der Waals surface area contributed by atoms with Gasteiger partial charge in [0.1, 0.15) is 0 Å². The third kappa shape index (κ3) is 6.53. The van der Waals surface area contributed by atoms with Crippen LogP contribution in [0, 0.1) is 0 Å². The smallest absolute Gasteiger partial charge is 0.233 e. The molecule has 0 saturated heterocycles. The summed E-state index contributed by atoms with van der Waals surface area (Å²) < 4.78 is 0. The Labute approximate surface area is 133 Å². The molecule has 0 bridgehead atoms. The number of carbonyl (C=O) groups is 1. The summed E-state index contributed by atoms with van der Waals surface area (Å²) in [6, 6.07) is 8.84. The minimum Gasteiger partial charge on any atom is -0.355 e. The second-order valence-corrected chi connectivity index (χ2v) is 6.67. The van der Waals surface area contributed by atoms with Crippen molar-refractivity contribution >= 4 is 17.7 Å². The van der Waals surface area contributed by atoms with Crippen LogP contribution in [0.4, 0.5) is 0 Å². The van der Waals surface area contributed by atoms with Crippen LogP contribution in [0.15, 0.2) is 29.2 Å². The zero-order chi connectivity index (χ0) is 15.7. The van der Waals surface area contributed by atoms with Crippen molar-refractivity contribution in [3.63, 3.8) is 0 Å². The van der Waals surface area contributed by atoms with Gasteiger partial charge in [-0.15, -0.1) is 11.8 Å². The second kappa shape index (κ2) is 9.85. The topological polar surface area (TPSA) is 41.1 Å². The highest BCUT2D eigenvalue weighted by Gasteiger charge is 2.13. The van der Waals surface area contributed by atoms with E-state index >= 15 is 0 Å². The van der Waals surface area contributed by atoms with E-state index in [1.165, 1.54) is 5.56 Å². The fraction of sp³-hybridized carbons (Fsp3) is 0.588. The fourth-order valence-electron chi connectivity index (χ4n) is 2.05. The summed E-state index contributed by atoms with van der Waals surface area (Å²) in [6.07, 6.45) is 2.15. The molecule has 2 N–H and O–H groups in total. The van der Waals surface area contributed by atoms with Crippen LogP contribution in [0.3, 0.4) is 0 Å². The third-order valence-corrected chi connectivity index (χ3v) is 4.51. The maximum absolute atomic E-state index is 11.9. The molecular formula is C17H28N2OS. The average Bonchev–Trinajstić information content (AvgIpc) is 2.48. The summed E-state index contributed by atoms with van der Waals surface area (Å²) in [7, 11) is 0. The standard InChI is InChI=1S/C17H28N2OS/c1-5-7-12-19-17(20)14(4)21-16-10-8-15(9-11-16)13(3)18-6-2/h8-11,13-14,18H,5-7,12H2,1-4H3,(H,19,20). The van der Waals surface area contributed by atoms with Crippen LogP contribution < -0.4 is 10.6 Å². The van der Waals surface area contributed by atoms with E-state index in [0.29, 0.717) is 6.04 Å². The van der Waals surface area contributed by atoms with Gasteiger partial charge in [-0.05, 0) is 44.5 Å². The van der Waals surface area contributed by atoms with Crippen LogP contribution in [0.2, 0.25) is 0 Å². The van der Waals surface area contributed by atoms with Gasteiger partial charge in [0.2, 0.25) is 5.91 Å². The molecule has 0 aliphatic rings. The molecule has 118 valence electrons. The van der Waals surface area contributed by atoms with E-state index in [0.717, 1.165) is 30.8 Å². The molecule has 0 fully saturated rings. The predicted octanol–water partition coefficient (Wildman–Crippen LogP) is 3.75. The van der Waals surface area contributed by atoms with Crippen molar-refractivity contribution in [3.05, 3.63) is 29.8 Å². The van der Waals surface area contributed by atoms with Crippen LogP contribution in [-0.2, 0) is 4.79 Å². The molecule has 1 amide bonds. The molecule has 0 aliphatic carbocycles. The molecule has 0 spiro atoms. The molecule has 4 heteroatoms. The van der Waals surface area contributed by atoms with Crippen molar-refractivity contribution in [1.82, 2.24) is 10.6 Å². The first-order chi connectivity index (χ1) is 10.1. The van der Waals surface area contributed by atoms with E-state index in [9.17, 15) is 4.79 Å². The number of rotatable bonds is 9. The van der Waals surface area contributed by atoms with Crippen LogP contribution in [0.5, 0.6) is 0 Å². The maximum atomic E-state index is 11.9. The van der Waals surface area contributed by atoms with E-state index in [1.54, 1.807) is 11.8 Å². The molecule has 2 unspecified atom stereocenters. The monoisotopic (exact) mass is 308 g/mol. The summed E-state index contributed by atoms with van der Waals surface area (Å²) >= 11 is 1.61. The van der Waals surface area contributed by atoms with E-state index < -0.39 is 0 Å². The lowest BCUT2D eigenvalue weighted by Gasteiger charge is -2.14. The molecular weight excluding hydrogens is 280 g/mol. The minimum absolute atomic E-state index is 0.0566. The first-order valence-corrected chi connectivity index (χ1v) is 8.74. The van der Waals surface area contributed by atoms with Gasteiger partial charge in [-0.1, -0.05) is 32.4 Å². The Bertz CT molecular complexity index is 419. The molecule has 21 heavy (non-hydrogen) atoms. The predicted molar refractivity (Wildman–Crippen MR) is 91.8 cm³/mol. The Morgan fingerprint density at radius 2 is 1.86 bits per heavy atom. The highest BCUT2D eigenvalue weighted by Crippen LogP contribution is 2.25. The molecule has 2 atom stereocenters. The van der Waals surface area contributed by atoms with Crippen LogP contribution in [-0.4, -0.2) is 24.2 Å². The van der Waals surface area contributed by atoms with Gasteiger partial charge in [-0.2, -0.15) is 0 Å². The Morgan fingerprint density at radius 1 is 1.19 bits per heavy atom. The van der Waals surface area contributed by atoms with Crippen LogP contribution in [0.1, 0.15) is 52.1 Å². The van der Waals surface area contributed by atoms with Crippen molar-refractivity contribution in [3.8, 4) is 0 Å². The molecule has 1 rings (SSSR count). The summed E-state index contributed by atoms with van der Waals surface area (Å²) in [5, 5.41) is 6.32. The number of unbranched alkanes of at least 4 members (excludes halogenated alkanes) is 1. The van der Waals surface area contributed by atoms with Gasteiger partial charge in [0, 0.05) is 17.5 Å². The quantitative estimate of drug-likeness (QED) is 0.539. The Morgan fingerprint density at radius 3 is 2.43 bits per heavy atom. The number of hydrogen-bond donors (Lipinski definition) is 2. The van der Waals surface area contributed by atoms with Crippen molar-refractivity contribution in [2.45, 2.75) is 56.7 Å². The van der Waals surface area contributed by atoms with E-state index in [4.69, 9.17) is 0 Å². The largest absolute Gasteiger partial charge is 0.355 e. The van der Waals surface area contributed by atoms with Gasteiger partial charge in [-0.3, -0.25) is 4.79 Å². The summed E-state index contributed by atoms with van der Waals surface area (Å²) in [5.41, 5.74) is 1.28. The lowest BCUT2D eigenvalue weighted by atomic mass is 10.1. The summed E-state index contributed by atoms with van der Waals surface area (Å²) in [6.45, 7) is 10.1. The van der Waals surface area contributed by atoms with Gasteiger partial charge in [0.05, 0.1) is 5.25 Å². The minimum atomic E-state index is -0.0566. The number of amides is 1. The van der Waals surface area contributed by atoms with E-state index in [-0.39, 0.29) is 11.2 Å². The fourth-order valence-corrected chi connectivity index (χ4v) is 2.94. The van der Waals surface area contributed by atoms with E-state index in [2.05, 4.69) is 55.7 Å². The Kier molecular flexibility index (Phi) is 8.47. The highest BCUT2D eigenvalue weighted by molar-refractivity contribution is 8.00. The molecule has 3 nitrogen and oxygen atoms in total. The van der Waals surface area contributed by atoms with Gasteiger partial charge in [-0.25, -0.2) is 0 Å². The lowest BCUT2D eigenvalue weighted by Crippen LogP contribution is -2.31. The Hall–Kier alpha value is -1.00. The second-order valence-electron chi connectivity index (χ2n) is 5.25. The first kappa shape index (κ1) is 18.1. The maximum Gasteiger partial charge on any atom is 0.233 e. The van der Waals surface area contributed by atoms with Gasteiger partial charge < -0.3 is 10.6 Å². The van der Waals surface area contributed by atoms with Crippen molar-refractivity contribution < 1.29 is 4.79 Å². The SMILES string of the molecule is CCCCNC(=O)C(C)Sc1ccc(C(C)NCC)cc1. The zero-order valence-corrected chi connectivity index (χ0v) is 14.4. The van der Waals surface area contributed by atoms with Gasteiger partial charge >= 0.3 is 0 Å². The number of benzene rings is 1.